The van der Waals surface area contributed by atoms with Crippen LogP contribution >= 0.6 is 11.8 Å². The van der Waals surface area contributed by atoms with Crippen LogP contribution in [0.5, 0.6) is 5.75 Å². The summed E-state index contributed by atoms with van der Waals surface area (Å²) in [6.07, 6.45) is 3.19. The number of hydrogen-bond donors (Lipinski definition) is 1. The number of ether oxygens (including phenoxy) is 1. The lowest BCUT2D eigenvalue weighted by Crippen LogP contribution is -2.28. The minimum Gasteiger partial charge on any atom is -0.487 e. The summed E-state index contributed by atoms with van der Waals surface area (Å²) in [6.45, 7) is 10.9. The summed E-state index contributed by atoms with van der Waals surface area (Å²) >= 11 is 1.74. The van der Waals surface area contributed by atoms with Gasteiger partial charge in [0.05, 0.1) is 22.8 Å². The molecule has 0 aliphatic rings. The second-order valence-electron chi connectivity index (χ2n) is 13.5. The van der Waals surface area contributed by atoms with Gasteiger partial charge in [0, 0.05) is 56.4 Å². The van der Waals surface area contributed by atoms with Crippen molar-refractivity contribution in [3.63, 3.8) is 0 Å². The van der Waals surface area contributed by atoms with Gasteiger partial charge in [-0.2, -0.15) is 0 Å². The van der Waals surface area contributed by atoms with Crippen molar-refractivity contribution < 1.29 is 19.0 Å². The first-order valence-electron chi connectivity index (χ1n) is 15.6. The average molecular weight is 648 g/mol. The SMILES string of the molecule is CC(C)(C)Sc1c(CC(C)(C)C(=O)O)n(Cc2ccc(-c3cncc(F)c3)cc2)c2ccc(OCc3ccc4ccccc4n3)cc12. The summed E-state index contributed by atoms with van der Waals surface area (Å²) in [5.41, 5.74) is 5.37. The molecule has 0 atom stereocenters. The molecule has 8 heteroatoms. The van der Waals surface area contributed by atoms with Crippen LogP contribution in [0.1, 0.15) is 51.6 Å². The number of rotatable bonds is 10. The molecule has 47 heavy (non-hydrogen) atoms. The second kappa shape index (κ2) is 12.8. The molecule has 0 saturated heterocycles. The fourth-order valence-electron chi connectivity index (χ4n) is 5.62. The Kier molecular flexibility index (Phi) is 8.81. The molecule has 240 valence electrons. The molecule has 1 N–H and O–H groups in total. The van der Waals surface area contributed by atoms with Crippen molar-refractivity contribution in [2.45, 2.75) is 63.8 Å². The Morgan fingerprint density at radius 3 is 2.40 bits per heavy atom. The predicted molar refractivity (Wildman–Crippen MR) is 187 cm³/mol. The Morgan fingerprint density at radius 2 is 1.68 bits per heavy atom. The molecule has 6 nitrogen and oxygen atoms in total. The first kappa shape index (κ1) is 32.3. The number of carbonyl (C=O) groups is 1. The Morgan fingerprint density at radius 1 is 0.915 bits per heavy atom. The number of fused-ring (bicyclic) bond motifs is 2. The van der Waals surface area contributed by atoms with Crippen LogP contribution in [0.25, 0.3) is 32.9 Å². The van der Waals surface area contributed by atoms with E-state index in [2.05, 4.69) is 48.5 Å². The first-order valence-corrected chi connectivity index (χ1v) is 16.4. The van der Waals surface area contributed by atoms with Crippen molar-refractivity contribution in [3.05, 3.63) is 120 Å². The lowest BCUT2D eigenvalue weighted by Gasteiger charge is -2.24. The number of carboxylic acid groups (broad SMARTS) is 1. The minimum atomic E-state index is -0.991. The highest BCUT2D eigenvalue weighted by Gasteiger charge is 2.33. The fraction of sp³-hybridized carbons (Fsp3) is 0.256. The zero-order valence-electron chi connectivity index (χ0n) is 27.3. The molecule has 0 radical (unpaired) electrons. The van der Waals surface area contributed by atoms with Crippen LogP contribution < -0.4 is 4.74 Å². The van der Waals surface area contributed by atoms with Crippen LogP contribution in [0.15, 0.2) is 102 Å². The number of aromatic nitrogens is 3. The molecule has 0 saturated carbocycles. The van der Waals surface area contributed by atoms with Crippen LogP contribution in [0, 0.1) is 11.2 Å². The highest BCUT2D eigenvalue weighted by molar-refractivity contribution is 8.00. The highest BCUT2D eigenvalue weighted by atomic mass is 32.2. The van der Waals surface area contributed by atoms with Gasteiger partial charge in [-0.15, -0.1) is 11.8 Å². The van der Waals surface area contributed by atoms with Crippen LogP contribution in [-0.4, -0.2) is 30.4 Å². The summed E-state index contributed by atoms with van der Waals surface area (Å²) in [5.74, 6) is -0.504. The third-order valence-corrected chi connectivity index (χ3v) is 9.34. The van der Waals surface area contributed by atoms with Gasteiger partial charge in [0.25, 0.3) is 0 Å². The van der Waals surface area contributed by atoms with E-state index in [9.17, 15) is 14.3 Å². The molecule has 3 aromatic heterocycles. The lowest BCUT2D eigenvalue weighted by molar-refractivity contribution is -0.146. The van der Waals surface area contributed by atoms with Crippen molar-refractivity contribution in [2.75, 3.05) is 0 Å². The van der Waals surface area contributed by atoms with E-state index in [-0.39, 0.29) is 10.6 Å². The van der Waals surface area contributed by atoms with E-state index in [1.807, 2.05) is 60.7 Å². The van der Waals surface area contributed by atoms with E-state index in [1.165, 1.54) is 12.3 Å². The number of nitrogens with zero attached hydrogens (tertiary/aromatic N) is 3. The standard InChI is InChI=1S/C39H38FN3O3S/c1-38(2,3)47-36-32-19-31(46-24-30-15-14-27-8-6-7-9-33(27)42-30)16-17-34(32)43(35(36)20-39(4,5)37(44)45)23-25-10-12-26(13-11-25)28-18-29(40)22-41-21-28/h6-19,21-22H,20,23-24H2,1-5H3,(H,44,45). The zero-order valence-corrected chi connectivity index (χ0v) is 28.1. The Bertz CT molecular complexity index is 2080. The molecular formula is C39H38FN3O3S. The molecule has 0 fully saturated rings. The zero-order chi connectivity index (χ0) is 33.3. The van der Waals surface area contributed by atoms with Gasteiger partial charge < -0.3 is 14.4 Å². The predicted octanol–water partition coefficient (Wildman–Crippen LogP) is 9.56. The number of pyridine rings is 2. The number of aliphatic carboxylic acids is 1. The van der Waals surface area contributed by atoms with Crippen molar-refractivity contribution in [1.82, 2.24) is 14.5 Å². The number of carboxylic acids is 1. The van der Waals surface area contributed by atoms with Crippen molar-refractivity contribution in [2.24, 2.45) is 5.41 Å². The van der Waals surface area contributed by atoms with Gasteiger partial charge in [0.2, 0.25) is 0 Å². The molecule has 0 aliphatic heterocycles. The van der Waals surface area contributed by atoms with Crippen LogP contribution in [0.4, 0.5) is 4.39 Å². The third-order valence-electron chi connectivity index (χ3n) is 8.06. The number of hydrogen-bond acceptors (Lipinski definition) is 5. The number of halogens is 1. The van der Waals surface area contributed by atoms with Gasteiger partial charge >= 0.3 is 5.97 Å². The Balaban J connectivity index is 1.40. The number of thioether (sulfide) groups is 1. The summed E-state index contributed by atoms with van der Waals surface area (Å²) in [4.78, 5) is 22.2. The second-order valence-corrected chi connectivity index (χ2v) is 15.3. The number of para-hydroxylation sites is 1. The molecule has 0 spiro atoms. The van der Waals surface area contributed by atoms with Crippen molar-refractivity contribution in [3.8, 4) is 16.9 Å². The number of benzene rings is 3. The highest BCUT2D eigenvalue weighted by Crippen LogP contribution is 2.44. The topological polar surface area (TPSA) is 77.2 Å². The maximum absolute atomic E-state index is 13.8. The summed E-state index contributed by atoms with van der Waals surface area (Å²) in [7, 11) is 0. The molecule has 3 aromatic carbocycles. The molecule has 0 bridgehead atoms. The maximum Gasteiger partial charge on any atom is 0.309 e. The van der Waals surface area contributed by atoms with Gasteiger partial charge in [0.1, 0.15) is 18.2 Å². The van der Waals surface area contributed by atoms with E-state index >= 15 is 0 Å². The van der Waals surface area contributed by atoms with Gasteiger partial charge in [-0.1, -0.05) is 69.3 Å². The van der Waals surface area contributed by atoms with E-state index < -0.39 is 11.4 Å². The van der Waals surface area contributed by atoms with E-state index in [1.54, 1.807) is 31.8 Å². The monoisotopic (exact) mass is 647 g/mol. The molecule has 0 amide bonds. The average Bonchev–Trinajstić information content (AvgIpc) is 3.29. The van der Waals surface area contributed by atoms with E-state index in [4.69, 9.17) is 9.72 Å². The van der Waals surface area contributed by atoms with Gasteiger partial charge in [-0.25, -0.2) is 9.37 Å². The summed E-state index contributed by atoms with van der Waals surface area (Å²) in [5, 5.41) is 12.3. The molecule has 3 heterocycles. The first-order chi connectivity index (χ1) is 22.4. The van der Waals surface area contributed by atoms with Crippen LogP contribution in [0.3, 0.4) is 0 Å². The maximum atomic E-state index is 13.8. The minimum absolute atomic E-state index is 0.131. The largest absolute Gasteiger partial charge is 0.487 e. The Hall–Kier alpha value is -4.69. The van der Waals surface area contributed by atoms with Crippen molar-refractivity contribution in [1.29, 1.82) is 0 Å². The quantitative estimate of drug-likeness (QED) is 0.149. The van der Waals surface area contributed by atoms with Gasteiger partial charge in [0.15, 0.2) is 0 Å². The van der Waals surface area contributed by atoms with Crippen molar-refractivity contribution >= 4 is 39.5 Å². The molecule has 6 rings (SSSR count). The van der Waals surface area contributed by atoms with Gasteiger partial charge in [-0.05, 0) is 61.4 Å². The fourth-order valence-corrected chi connectivity index (χ4v) is 6.80. The summed E-state index contributed by atoms with van der Waals surface area (Å²) in [6, 6.07) is 27.6. The normalized spacial score (nSPS) is 12.1. The smallest absolute Gasteiger partial charge is 0.309 e. The Labute approximate surface area is 278 Å². The van der Waals surface area contributed by atoms with Crippen LogP contribution in [-0.2, 0) is 24.4 Å². The van der Waals surface area contributed by atoms with E-state index in [0.717, 1.165) is 55.0 Å². The third kappa shape index (κ3) is 7.33. The van der Waals surface area contributed by atoms with Gasteiger partial charge in [-0.3, -0.25) is 9.78 Å². The summed E-state index contributed by atoms with van der Waals surface area (Å²) < 4.78 is 22.2. The molecule has 6 aromatic rings. The molecular weight excluding hydrogens is 610 g/mol. The van der Waals surface area contributed by atoms with Crippen LogP contribution in [0.2, 0.25) is 0 Å². The molecule has 0 unspecified atom stereocenters. The van der Waals surface area contributed by atoms with E-state index in [0.29, 0.717) is 25.1 Å². The lowest BCUT2D eigenvalue weighted by atomic mass is 9.88. The molecule has 0 aliphatic carbocycles.